The van der Waals surface area contributed by atoms with Crippen LogP contribution in [0.3, 0.4) is 0 Å². The van der Waals surface area contributed by atoms with Gasteiger partial charge < -0.3 is 9.47 Å². The molecule has 0 saturated carbocycles. The molecule has 3 aromatic rings. The highest BCUT2D eigenvalue weighted by molar-refractivity contribution is 9.10. The number of hydrogen-bond acceptors (Lipinski definition) is 8. The molecule has 2 aromatic heterocycles. The van der Waals surface area contributed by atoms with E-state index < -0.39 is 10.0 Å². The van der Waals surface area contributed by atoms with Gasteiger partial charge in [-0.3, -0.25) is 4.72 Å². The Labute approximate surface area is 183 Å². The number of hydrogen-bond donors (Lipinski definition) is 1. The first-order chi connectivity index (χ1) is 14.4. The molecule has 0 fully saturated rings. The van der Waals surface area contributed by atoms with Crippen molar-refractivity contribution in [3.8, 4) is 23.0 Å². The molecule has 0 amide bonds. The van der Waals surface area contributed by atoms with Crippen LogP contribution in [-0.4, -0.2) is 47.3 Å². The molecular weight excluding hydrogens is 474 g/mol. The van der Waals surface area contributed by atoms with Gasteiger partial charge in [-0.15, -0.1) is 0 Å². The van der Waals surface area contributed by atoms with E-state index in [1.807, 2.05) is 31.2 Å². The number of ether oxygens (including phenoxy) is 2. The molecule has 0 radical (unpaired) electrons. The number of nitrogens with one attached hydrogen (secondary N) is 1. The number of aryl methyl sites for hydroxylation is 1. The predicted octanol–water partition coefficient (Wildman–Crippen LogP) is 3.22. The van der Waals surface area contributed by atoms with Crippen LogP contribution in [0.4, 0.5) is 5.82 Å². The van der Waals surface area contributed by atoms with Crippen molar-refractivity contribution in [1.29, 1.82) is 0 Å². The van der Waals surface area contributed by atoms with E-state index >= 15 is 0 Å². The lowest BCUT2D eigenvalue weighted by atomic mass is 10.1. The van der Waals surface area contributed by atoms with Crippen molar-refractivity contribution < 1.29 is 17.9 Å². The zero-order chi connectivity index (χ0) is 21.6. The Morgan fingerprint density at radius 3 is 2.33 bits per heavy atom. The van der Waals surface area contributed by atoms with Crippen LogP contribution in [0.25, 0.3) is 11.1 Å². The van der Waals surface area contributed by atoms with Crippen molar-refractivity contribution in [2.24, 2.45) is 0 Å². The Morgan fingerprint density at radius 1 is 1.00 bits per heavy atom. The maximum absolute atomic E-state index is 12.1. The van der Waals surface area contributed by atoms with Crippen molar-refractivity contribution in [2.45, 2.75) is 13.8 Å². The van der Waals surface area contributed by atoms with Gasteiger partial charge in [0.15, 0.2) is 5.82 Å². The molecule has 0 saturated heterocycles. The van der Waals surface area contributed by atoms with Crippen molar-refractivity contribution in [1.82, 2.24) is 19.9 Å². The molecule has 0 unspecified atom stereocenters. The second-order valence-corrected chi connectivity index (χ2v) is 9.08. The SMILES string of the molecule is CCS(=O)(=O)Nc1ncnc(OCCOc2ncc(Br)cn2)c1-c1ccc(C)cc1. The summed E-state index contributed by atoms with van der Waals surface area (Å²) in [5.74, 6) is 0.313. The van der Waals surface area contributed by atoms with Crippen LogP contribution < -0.4 is 14.2 Å². The first-order valence-electron chi connectivity index (χ1n) is 9.03. The molecule has 11 heteroatoms. The number of nitrogens with zero attached hydrogens (tertiary/aromatic N) is 4. The monoisotopic (exact) mass is 493 g/mol. The van der Waals surface area contributed by atoms with Crippen molar-refractivity contribution in [2.75, 3.05) is 23.7 Å². The quantitative estimate of drug-likeness (QED) is 0.451. The topological polar surface area (TPSA) is 116 Å². The molecule has 0 spiro atoms. The van der Waals surface area contributed by atoms with Gasteiger partial charge in [-0.1, -0.05) is 29.8 Å². The zero-order valence-electron chi connectivity index (χ0n) is 16.4. The molecule has 3 rings (SSSR count). The highest BCUT2D eigenvalue weighted by atomic mass is 79.9. The molecule has 2 heterocycles. The third kappa shape index (κ3) is 5.86. The van der Waals surface area contributed by atoms with E-state index in [-0.39, 0.29) is 36.7 Å². The number of rotatable bonds is 9. The highest BCUT2D eigenvalue weighted by Gasteiger charge is 2.19. The fourth-order valence-electron chi connectivity index (χ4n) is 2.40. The molecule has 0 bridgehead atoms. The summed E-state index contributed by atoms with van der Waals surface area (Å²) >= 11 is 3.26. The smallest absolute Gasteiger partial charge is 0.316 e. The van der Waals surface area contributed by atoms with Crippen LogP contribution >= 0.6 is 15.9 Å². The van der Waals surface area contributed by atoms with Crippen LogP contribution in [0.2, 0.25) is 0 Å². The minimum absolute atomic E-state index is 0.0818. The number of benzene rings is 1. The standard InChI is InChI=1S/C19H20BrN5O4S/c1-3-30(26,27)25-17-16(14-6-4-13(2)5-7-14)18(24-12-23-17)28-8-9-29-19-21-10-15(20)11-22-19/h4-7,10-12H,3,8-9H2,1-2H3,(H,23,24,25). The second kappa shape index (κ2) is 9.81. The first kappa shape index (κ1) is 21.9. The summed E-state index contributed by atoms with van der Waals surface area (Å²) in [5, 5.41) is 0. The zero-order valence-corrected chi connectivity index (χ0v) is 18.8. The van der Waals surface area contributed by atoms with E-state index in [0.29, 0.717) is 5.56 Å². The molecule has 1 aromatic carbocycles. The molecule has 1 N–H and O–H groups in total. The van der Waals surface area contributed by atoms with Crippen LogP contribution in [-0.2, 0) is 10.0 Å². The number of aromatic nitrogens is 4. The summed E-state index contributed by atoms with van der Waals surface area (Å²) in [6.45, 7) is 3.84. The largest absolute Gasteiger partial charge is 0.473 e. The van der Waals surface area contributed by atoms with Gasteiger partial charge >= 0.3 is 6.01 Å². The predicted molar refractivity (Wildman–Crippen MR) is 116 cm³/mol. The van der Waals surface area contributed by atoms with E-state index in [2.05, 4.69) is 40.6 Å². The molecule has 158 valence electrons. The van der Waals surface area contributed by atoms with Gasteiger partial charge in [0.1, 0.15) is 19.5 Å². The number of anilines is 1. The van der Waals surface area contributed by atoms with Gasteiger partial charge in [-0.2, -0.15) is 0 Å². The van der Waals surface area contributed by atoms with Crippen LogP contribution in [0.5, 0.6) is 11.9 Å². The number of halogens is 1. The average molecular weight is 494 g/mol. The summed E-state index contributed by atoms with van der Waals surface area (Å²) < 4.78 is 38.7. The molecule has 0 atom stereocenters. The molecular formula is C19H20BrN5O4S. The second-order valence-electron chi connectivity index (χ2n) is 6.15. The van der Waals surface area contributed by atoms with E-state index in [9.17, 15) is 8.42 Å². The van der Waals surface area contributed by atoms with Gasteiger partial charge in [-0.05, 0) is 35.3 Å². The summed E-state index contributed by atoms with van der Waals surface area (Å²) in [4.78, 5) is 16.4. The third-order valence-electron chi connectivity index (χ3n) is 3.93. The minimum atomic E-state index is -3.53. The van der Waals surface area contributed by atoms with Gasteiger partial charge in [-0.25, -0.2) is 28.4 Å². The minimum Gasteiger partial charge on any atom is -0.473 e. The maximum atomic E-state index is 12.1. The lowest BCUT2D eigenvalue weighted by Gasteiger charge is -2.15. The van der Waals surface area contributed by atoms with E-state index in [1.54, 1.807) is 19.3 Å². The van der Waals surface area contributed by atoms with E-state index in [1.165, 1.54) is 6.33 Å². The normalized spacial score (nSPS) is 11.2. The van der Waals surface area contributed by atoms with E-state index in [4.69, 9.17) is 9.47 Å². The van der Waals surface area contributed by atoms with Crippen molar-refractivity contribution >= 4 is 31.8 Å². The molecule has 0 aliphatic rings. The molecule has 30 heavy (non-hydrogen) atoms. The number of sulfonamides is 1. The Balaban J connectivity index is 1.81. The van der Waals surface area contributed by atoms with Crippen LogP contribution in [0.1, 0.15) is 12.5 Å². The lowest BCUT2D eigenvalue weighted by Crippen LogP contribution is -2.17. The summed E-state index contributed by atoms with van der Waals surface area (Å²) in [6.07, 6.45) is 4.41. The van der Waals surface area contributed by atoms with Gasteiger partial charge in [0, 0.05) is 12.4 Å². The Morgan fingerprint density at radius 2 is 1.67 bits per heavy atom. The molecule has 9 nitrogen and oxygen atoms in total. The van der Waals surface area contributed by atoms with Gasteiger partial charge in [0.25, 0.3) is 0 Å². The Kier molecular flexibility index (Phi) is 7.16. The van der Waals surface area contributed by atoms with Crippen LogP contribution in [0.15, 0.2) is 47.5 Å². The maximum Gasteiger partial charge on any atom is 0.316 e. The van der Waals surface area contributed by atoms with Gasteiger partial charge in [0.2, 0.25) is 15.9 Å². The Bertz CT molecular complexity index is 1090. The first-order valence-corrected chi connectivity index (χ1v) is 11.5. The van der Waals surface area contributed by atoms with E-state index in [0.717, 1.165) is 15.6 Å². The third-order valence-corrected chi connectivity index (χ3v) is 5.61. The van der Waals surface area contributed by atoms with Crippen molar-refractivity contribution in [3.63, 3.8) is 0 Å². The average Bonchev–Trinajstić information content (AvgIpc) is 2.73. The molecule has 0 aliphatic heterocycles. The Hall–Kier alpha value is -2.79. The molecule has 0 aliphatic carbocycles. The highest BCUT2D eigenvalue weighted by Crippen LogP contribution is 2.34. The summed E-state index contributed by atoms with van der Waals surface area (Å²) in [7, 11) is -3.53. The fourth-order valence-corrected chi connectivity index (χ4v) is 3.20. The summed E-state index contributed by atoms with van der Waals surface area (Å²) in [5.41, 5.74) is 2.24. The van der Waals surface area contributed by atoms with Gasteiger partial charge in [0.05, 0.1) is 15.8 Å². The summed E-state index contributed by atoms with van der Waals surface area (Å²) in [6, 6.07) is 7.77. The fraction of sp³-hybridized carbons (Fsp3) is 0.263. The van der Waals surface area contributed by atoms with Crippen LogP contribution in [0, 0.1) is 6.92 Å². The van der Waals surface area contributed by atoms with Crippen molar-refractivity contribution in [3.05, 3.63) is 53.0 Å². The lowest BCUT2D eigenvalue weighted by molar-refractivity contribution is 0.202.